The monoisotopic (exact) mass is 638 g/mol. The van der Waals surface area contributed by atoms with Gasteiger partial charge in [0.2, 0.25) is 5.91 Å². The SMILES string of the molecule is COC(=O)[C@H](CC(C)C)NC(=O)CC[C@@H](C)N(c1cc(I)ccc1F)S(=O)(=O)c1ccc(Cl)cc1. The van der Waals surface area contributed by atoms with Gasteiger partial charge in [0.15, 0.2) is 0 Å². The third-order valence-corrected chi connectivity index (χ3v) is 8.10. The van der Waals surface area contributed by atoms with Gasteiger partial charge in [-0.1, -0.05) is 25.4 Å². The van der Waals surface area contributed by atoms with Crippen molar-refractivity contribution in [3.05, 3.63) is 56.9 Å². The molecule has 0 aliphatic rings. The van der Waals surface area contributed by atoms with Gasteiger partial charge >= 0.3 is 5.97 Å². The first-order chi connectivity index (χ1) is 16.4. The van der Waals surface area contributed by atoms with Crippen LogP contribution in [0, 0.1) is 15.3 Å². The molecule has 2 rings (SSSR count). The van der Waals surface area contributed by atoms with Crippen LogP contribution in [0.2, 0.25) is 5.02 Å². The Morgan fingerprint density at radius 1 is 1.14 bits per heavy atom. The fraction of sp³-hybridized carbons (Fsp3) is 0.417. The maximum atomic E-state index is 14.8. The van der Waals surface area contributed by atoms with E-state index in [1.807, 2.05) is 36.4 Å². The van der Waals surface area contributed by atoms with Crippen LogP contribution in [0.4, 0.5) is 10.1 Å². The predicted molar refractivity (Wildman–Crippen MR) is 142 cm³/mol. The number of halogens is 3. The average Bonchev–Trinajstić information content (AvgIpc) is 2.79. The lowest BCUT2D eigenvalue weighted by Crippen LogP contribution is -2.43. The van der Waals surface area contributed by atoms with E-state index in [9.17, 15) is 22.4 Å². The number of hydrogen-bond donors (Lipinski definition) is 1. The van der Waals surface area contributed by atoms with Crippen molar-refractivity contribution in [3.63, 3.8) is 0 Å². The van der Waals surface area contributed by atoms with Gasteiger partial charge in [-0.25, -0.2) is 17.6 Å². The quantitative estimate of drug-likeness (QED) is 0.272. The van der Waals surface area contributed by atoms with Gasteiger partial charge < -0.3 is 10.1 Å². The molecule has 0 heterocycles. The van der Waals surface area contributed by atoms with E-state index in [0.29, 0.717) is 15.0 Å². The predicted octanol–water partition coefficient (Wildman–Crippen LogP) is 5.15. The largest absolute Gasteiger partial charge is 0.467 e. The number of carbonyl (C=O) groups is 2. The van der Waals surface area contributed by atoms with Crippen molar-refractivity contribution in [2.45, 2.75) is 57.0 Å². The molecule has 35 heavy (non-hydrogen) atoms. The van der Waals surface area contributed by atoms with Gasteiger partial charge in [-0.05, 0) is 90.7 Å². The van der Waals surface area contributed by atoms with E-state index in [4.69, 9.17) is 16.3 Å². The first-order valence-electron chi connectivity index (χ1n) is 11.0. The second kappa shape index (κ2) is 12.9. The van der Waals surface area contributed by atoms with Gasteiger partial charge in [0.05, 0.1) is 17.7 Å². The fourth-order valence-corrected chi connectivity index (χ4v) is 5.82. The summed E-state index contributed by atoms with van der Waals surface area (Å²) in [6.07, 6.45) is 0.406. The summed E-state index contributed by atoms with van der Waals surface area (Å²) in [7, 11) is -2.94. The number of methoxy groups -OCH3 is 1. The molecule has 0 spiro atoms. The number of sulfonamides is 1. The number of rotatable bonds is 11. The van der Waals surface area contributed by atoms with Crippen LogP contribution in [-0.4, -0.2) is 39.5 Å². The highest BCUT2D eigenvalue weighted by atomic mass is 127. The van der Waals surface area contributed by atoms with E-state index < -0.39 is 39.8 Å². The Hall–Kier alpha value is -1.92. The van der Waals surface area contributed by atoms with Crippen molar-refractivity contribution in [2.75, 3.05) is 11.4 Å². The summed E-state index contributed by atoms with van der Waals surface area (Å²) in [6, 6.07) is 8.18. The highest BCUT2D eigenvalue weighted by Gasteiger charge is 2.32. The zero-order chi connectivity index (χ0) is 26.3. The number of ether oxygens (including phenoxy) is 1. The molecule has 0 aliphatic carbocycles. The summed E-state index contributed by atoms with van der Waals surface area (Å²) >= 11 is 7.89. The molecule has 2 aromatic rings. The van der Waals surface area contributed by atoms with Crippen LogP contribution in [-0.2, 0) is 24.3 Å². The van der Waals surface area contributed by atoms with Gasteiger partial charge in [0.1, 0.15) is 11.9 Å². The average molecular weight is 639 g/mol. The van der Waals surface area contributed by atoms with Crippen molar-refractivity contribution in [3.8, 4) is 0 Å². The Morgan fingerprint density at radius 2 is 1.77 bits per heavy atom. The summed E-state index contributed by atoms with van der Waals surface area (Å²) in [6.45, 7) is 5.44. The highest BCUT2D eigenvalue weighted by molar-refractivity contribution is 14.1. The van der Waals surface area contributed by atoms with Crippen LogP contribution in [0.25, 0.3) is 0 Å². The molecule has 0 fully saturated rings. The lowest BCUT2D eigenvalue weighted by molar-refractivity contribution is -0.145. The van der Waals surface area contributed by atoms with Crippen molar-refractivity contribution >= 4 is 61.8 Å². The van der Waals surface area contributed by atoms with Crippen molar-refractivity contribution in [2.24, 2.45) is 5.92 Å². The Kier molecular flexibility index (Phi) is 10.8. The van der Waals surface area contributed by atoms with E-state index in [1.54, 1.807) is 6.92 Å². The number of amides is 1. The minimum absolute atomic E-state index is 0.0563. The van der Waals surface area contributed by atoms with Crippen LogP contribution in [0.5, 0.6) is 0 Å². The lowest BCUT2D eigenvalue weighted by atomic mass is 10.0. The first kappa shape index (κ1) is 29.3. The van der Waals surface area contributed by atoms with Gasteiger partial charge in [-0.2, -0.15) is 0 Å². The van der Waals surface area contributed by atoms with Gasteiger partial charge in [-0.3, -0.25) is 9.10 Å². The molecule has 7 nitrogen and oxygen atoms in total. The van der Waals surface area contributed by atoms with Crippen LogP contribution in [0.15, 0.2) is 47.4 Å². The molecule has 2 aromatic carbocycles. The van der Waals surface area contributed by atoms with Gasteiger partial charge in [-0.15, -0.1) is 0 Å². The Labute approximate surface area is 224 Å². The van der Waals surface area contributed by atoms with Crippen LogP contribution < -0.4 is 9.62 Å². The fourth-order valence-electron chi connectivity index (χ4n) is 3.53. The molecular formula is C24H29ClFIN2O5S. The molecule has 0 bridgehead atoms. The van der Waals surface area contributed by atoms with Crippen LogP contribution in [0.1, 0.15) is 40.0 Å². The van der Waals surface area contributed by atoms with Crippen molar-refractivity contribution < 1.29 is 27.1 Å². The van der Waals surface area contributed by atoms with Crippen LogP contribution in [0.3, 0.4) is 0 Å². The molecule has 0 aliphatic heterocycles. The smallest absolute Gasteiger partial charge is 0.328 e. The molecule has 0 saturated carbocycles. The zero-order valence-corrected chi connectivity index (χ0v) is 23.7. The van der Waals surface area contributed by atoms with Crippen molar-refractivity contribution in [1.29, 1.82) is 0 Å². The molecule has 11 heteroatoms. The molecule has 0 unspecified atom stereocenters. The number of benzene rings is 2. The number of carbonyl (C=O) groups excluding carboxylic acids is 2. The Bertz CT molecular complexity index is 1150. The van der Waals surface area contributed by atoms with Crippen molar-refractivity contribution in [1.82, 2.24) is 5.32 Å². The first-order valence-corrected chi connectivity index (χ1v) is 13.9. The summed E-state index contributed by atoms with van der Waals surface area (Å²) in [4.78, 5) is 24.6. The van der Waals surface area contributed by atoms with E-state index in [2.05, 4.69) is 5.32 Å². The van der Waals surface area contributed by atoms with E-state index in [0.717, 1.165) is 4.31 Å². The van der Waals surface area contributed by atoms with E-state index in [-0.39, 0.29) is 29.3 Å². The maximum Gasteiger partial charge on any atom is 0.328 e. The molecule has 192 valence electrons. The number of anilines is 1. The summed E-state index contributed by atoms with van der Waals surface area (Å²) in [5, 5.41) is 3.02. The van der Waals surface area contributed by atoms with E-state index >= 15 is 0 Å². The molecule has 1 N–H and O–H groups in total. The minimum atomic E-state index is -4.19. The zero-order valence-electron chi connectivity index (χ0n) is 19.9. The maximum absolute atomic E-state index is 14.8. The molecular weight excluding hydrogens is 610 g/mol. The molecule has 0 aromatic heterocycles. The lowest BCUT2D eigenvalue weighted by Gasteiger charge is -2.31. The second-order valence-electron chi connectivity index (χ2n) is 8.51. The number of hydrogen-bond acceptors (Lipinski definition) is 5. The standard InChI is InChI=1S/C24H29ClFIN2O5S/c1-15(2)13-21(24(31)34-4)28-23(30)12-5-16(3)29(22-14-18(27)8-11-20(22)26)35(32,33)19-9-6-17(25)7-10-19/h6-11,14-16,21H,5,12-13H2,1-4H3,(H,28,30)/t16-,21+/m1/s1. The number of nitrogens with zero attached hydrogens (tertiary/aromatic N) is 1. The summed E-state index contributed by atoms with van der Waals surface area (Å²) in [5.74, 6) is -1.54. The topological polar surface area (TPSA) is 92.8 Å². The number of nitrogens with one attached hydrogen (secondary N) is 1. The van der Waals surface area contributed by atoms with E-state index in [1.165, 1.54) is 49.6 Å². The second-order valence-corrected chi connectivity index (χ2v) is 12.0. The summed E-state index contributed by atoms with van der Waals surface area (Å²) in [5.41, 5.74) is -0.119. The number of esters is 1. The molecule has 2 atom stereocenters. The summed E-state index contributed by atoms with van der Waals surface area (Å²) < 4.78 is 48.4. The Morgan fingerprint density at radius 3 is 2.34 bits per heavy atom. The molecule has 1 amide bonds. The third kappa shape index (κ3) is 8.04. The molecule has 0 saturated heterocycles. The minimum Gasteiger partial charge on any atom is -0.467 e. The highest BCUT2D eigenvalue weighted by Crippen LogP contribution is 2.31. The van der Waals surface area contributed by atoms with Crippen LogP contribution >= 0.6 is 34.2 Å². The molecule has 0 radical (unpaired) electrons. The third-order valence-electron chi connectivity index (χ3n) is 5.23. The Balaban J connectivity index is 2.32. The van der Waals surface area contributed by atoms with Gasteiger partial charge in [0, 0.05) is 21.1 Å². The normalized spacial score (nSPS) is 13.3. The van der Waals surface area contributed by atoms with Gasteiger partial charge in [0.25, 0.3) is 10.0 Å².